The molecule has 8 heteroatoms. The zero-order chi connectivity index (χ0) is 18.6. The number of nitrogens with one attached hydrogen (secondary N) is 2. The lowest BCUT2D eigenvalue weighted by Crippen LogP contribution is -2.58. The topological polar surface area (TPSA) is 61.4 Å². The van der Waals surface area contributed by atoms with E-state index in [9.17, 15) is 18.4 Å². The van der Waals surface area contributed by atoms with Crippen molar-refractivity contribution in [2.24, 2.45) is 11.3 Å². The van der Waals surface area contributed by atoms with Crippen LogP contribution in [0.3, 0.4) is 0 Å². The fourth-order valence-electron chi connectivity index (χ4n) is 4.04. The molecule has 1 heterocycles. The number of carbonyl (C=O) groups excluding carboxylic acids is 2. The van der Waals surface area contributed by atoms with E-state index >= 15 is 0 Å². The summed E-state index contributed by atoms with van der Waals surface area (Å²) in [6.45, 7) is 2.41. The van der Waals surface area contributed by atoms with Gasteiger partial charge in [0.25, 0.3) is 0 Å². The molecule has 2 N–H and O–H groups in total. The number of piperazine rings is 1. The minimum absolute atomic E-state index is 0.108. The summed E-state index contributed by atoms with van der Waals surface area (Å²) in [5.41, 5.74) is 0.378. The van der Waals surface area contributed by atoms with Gasteiger partial charge in [-0.1, -0.05) is 17.7 Å². The first-order valence-electron chi connectivity index (χ1n) is 8.82. The highest BCUT2D eigenvalue weighted by Crippen LogP contribution is 2.74. The molecule has 3 amide bonds. The van der Waals surface area contributed by atoms with E-state index in [1.165, 1.54) is 11.0 Å². The molecule has 5 nitrogen and oxygen atoms in total. The maximum Gasteiger partial charge on any atom is 0.318 e. The first kappa shape index (κ1) is 17.5. The van der Waals surface area contributed by atoms with Crippen LogP contribution in [-0.4, -0.2) is 36.0 Å². The van der Waals surface area contributed by atoms with Gasteiger partial charge in [0.15, 0.2) is 0 Å². The van der Waals surface area contributed by atoms with Gasteiger partial charge in [0.1, 0.15) is 22.7 Å². The molecule has 2 aliphatic carbocycles. The van der Waals surface area contributed by atoms with E-state index in [1.807, 2.05) is 0 Å². The molecule has 3 aliphatic rings. The molecule has 1 spiro atoms. The number of amides is 3. The predicted octanol–water partition coefficient (Wildman–Crippen LogP) is 2.99. The number of halogens is 3. The summed E-state index contributed by atoms with van der Waals surface area (Å²) in [5.74, 6) is -1.76. The van der Waals surface area contributed by atoms with E-state index in [0.717, 1.165) is 25.3 Å². The lowest BCUT2D eigenvalue weighted by atomic mass is 9.99. The Balaban J connectivity index is 1.60. The Morgan fingerprint density at radius 2 is 2.15 bits per heavy atom. The van der Waals surface area contributed by atoms with Gasteiger partial charge in [-0.05, 0) is 43.6 Å². The maximum absolute atomic E-state index is 14.6. The quantitative estimate of drug-likeness (QED) is 0.788. The summed E-state index contributed by atoms with van der Waals surface area (Å²) >= 11 is 5.74. The monoisotopic (exact) mass is 383 g/mol. The van der Waals surface area contributed by atoms with Gasteiger partial charge in [0, 0.05) is 18.7 Å². The zero-order valence-electron chi connectivity index (χ0n) is 14.3. The largest absolute Gasteiger partial charge is 0.353 e. The van der Waals surface area contributed by atoms with Crippen LogP contribution in [0.4, 0.5) is 13.6 Å². The molecule has 3 unspecified atom stereocenters. The van der Waals surface area contributed by atoms with Crippen LogP contribution >= 0.6 is 11.6 Å². The Kier molecular flexibility index (Phi) is 4.10. The number of hydrogen-bond donors (Lipinski definition) is 2. The van der Waals surface area contributed by atoms with Gasteiger partial charge in [-0.3, -0.25) is 4.79 Å². The Morgan fingerprint density at radius 3 is 2.81 bits per heavy atom. The van der Waals surface area contributed by atoms with E-state index in [0.29, 0.717) is 13.1 Å². The Morgan fingerprint density at radius 1 is 1.42 bits per heavy atom. The number of carbonyl (C=O) groups is 2. The second-order valence-corrected chi connectivity index (χ2v) is 7.90. The number of rotatable bonds is 3. The van der Waals surface area contributed by atoms with Crippen molar-refractivity contribution < 1.29 is 18.4 Å². The summed E-state index contributed by atoms with van der Waals surface area (Å²) in [6.07, 6.45) is 3.02. The fraction of sp³-hybridized carbons (Fsp3) is 0.556. The van der Waals surface area contributed by atoms with Crippen LogP contribution in [0.5, 0.6) is 0 Å². The van der Waals surface area contributed by atoms with Crippen molar-refractivity contribution in [1.29, 1.82) is 0 Å². The van der Waals surface area contributed by atoms with Crippen molar-refractivity contribution in [2.45, 2.75) is 38.3 Å². The van der Waals surface area contributed by atoms with Crippen molar-refractivity contribution in [3.63, 3.8) is 0 Å². The van der Waals surface area contributed by atoms with Gasteiger partial charge in [0.2, 0.25) is 5.91 Å². The molecule has 3 fully saturated rings. The molecule has 0 radical (unpaired) electrons. The van der Waals surface area contributed by atoms with E-state index in [4.69, 9.17) is 11.6 Å². The van der Waals surface area contributed by atoms with E-state index in [1.54, 1.807) is 6.92 Å². The van der Waals surface area contributed by atoms with Crippen molar-refractivity contribution in [2.75, 3.05) is 13.1 Å². The number of hydrogen-bond acceptors (Lipinski definition) is 2. The van der Waals surface area contributed by atoms with Crippen LogP contribution in [0, 0.1) is 23.0 Å². The molecule has 1 aliphatic heterocycles. The highest BCUT2D eigenvalue weighted by molar-refractivity contribution is 6.31. The summed E-state index contributed by atoms with van der Waals surface area (Å²) in [6, 6.07) is 0.876. The van der Waals surface area contributed by atoms with E-state index in [-0.39, 0.29) is 22.8 Å². The molecule has 0 bridgehead atoms. The minimum Gasteiger partial charge on any atom is -0.353 e. The summed E-state index contributed by atoms with van der Waals surface area (Å²) in [7, 11) is 0. The second kappa shape index (κ2) is 6.08. The van der Waals surface area contributed by atoms with Crippen LogP contribution in [0.25, 0.3) is 0 Å². The summed E-state index contributed by atoms with van der Waals surface area (Å²) < 4.78 is 28.1. The zero-order valence-corrected chi connectivity index (χ0v) is 15.1. The molecule has 1 aromatic rings. The molecule has 0 aromatic heterocycles. The van der Waals surface area contributed by atoms with Gasteiger partial charge >= 0.3 is 6.03 Å². The second-order valence-electron chi connectivity index (χ2n) is 7.53. The molecule has 26 heavy (non-hydrogen) atoms. The Bertz CT molecular complexity index is 784. The molecule has 1 saturated heterocycles. The summed E-state index contributed by atoms with van der Waals surface area (Å²) in [4.78, 5) is 26.0. The van der Waals surface area contributed by atoms with Gasteiger partial charge in [0.05, 0.1) is 6.04 Å². The molecule has 2 saturated carbocycles. The normalized spacial score (nSPS) is 27.1. The molecular weight excluding hydrogens is 364 g/mol. The lowest BCUT2D eigenvalue weighted by molar-refractivity contribution is -0.126. The highest BCUT2D eigenvalue weighted by atomic mass is 35.5. The first-order valence-corrected chi connectivity index (χ1v) is 9.20. The molecule has 140 valence electrons. The average Bonchev–Trinajstić information content (AvgIpc) is 3.53. The third-order valence-electron chi connectivity index (χ3n) is 5.99. The average molecular weight is 384 g/mol. The SMILES string of the molecule is CC1C(=O)NCCN1C(=O)NC(c1ccc(F)c(Cl)c1F)C1CC12CC2. The standard InChI is InChI=1S/C18H20ClF2N3O2/c1-9-16(25)22-6-7-24(9)17(26)23-15(11-8-18(11)4-5-18)10-2-3-12(20)13(19)14(10)21/h2-3,9,11,15H,4-8H2,1H3,(H,22,25)(H,23,26). The minimum atomic E-state index is -0.830. The van der Waals surface area contributed by atoms with Gasteiger partial charge in [-0.2, -0.15) is 0 Å². The Labute approximate surface area is 155 Å². The molecule has 3 atom stereocenters. The first-order chi connectivity index (χ1) is 12.3. The number of benzene rings is 1. The van der Waals surface area contributed by atoms with Gasteiger partial charge < -0.3 is 15.5 Å². The van der Waals surface area contributed by atoms with Gasteiger partial charge in [-0.25, -0.2) is 13.6 Å². The van der Waals surface area contributed by atoms with Crippen molar-refractivity contribution in [3.8, 4) is 0 Å². The fourth-order valence-corrected chi connectivity index (χ4v) is 4.21. The van der Waals surface area contributed by atoms with E-state index < -0.39 is 34.8 Å². The summed E-state index contributed by atoms with van der Waals surface area (Å²) in [5, 5.41) is 5.03. The van der Waals surface area contributed by atoms with Gasteiger partial charge in [-0.15, -0.1) is 0 Å². The number of nitrogens with zero attached hydrogens (tertiary/aromatic N) is 1. The van der Waals surface area contributed by atoms with Crippen molar-refractivity contribution >= 4 is 23.5 Å². The Hall–Kier alpha value is -1.89. The maximum atomic E-state index is 14.6. The molecular formula is C18H20ClF2N3O2. The van der Waals surface area contributed by atoms with Crippen LogP contribution in [0.2, 0.25) is 5.02 Å². The molecule has 4 rings (SSSR count). The smallest absolute Gasteiger partial charge is 0.318 e. The predicted molar refractivity (Wildman–Crippen MR) is 91.6 cm³/mol. The third kappa shape index (κ3) is 2.82. The van der Waals surface area contributed by atoms with Crippen LogP contribution in [0.1, 0.15) is 37.8 Å². The van der Waals surface area contributed by atoms with Crippen molar-refractivity contribution in [1.82, 2.24) is 15.5 Å². The molecule has 1 aromatic carbocycles. The number of urea groups is 1. The van der Waals surface area contributed by atoms with Crippen molar-refractivity contribution in [3.05, 3.63) is 34.4 Å². The van der Waals surface area contributed by atoms with Crippen LogP contribution < -0.4 is 10.6 Å². The van der Waals surface area contributed by atoms with Crippen LogP contribution in [-0.2, 0) is 4.79 Å². The van der Waals surface area contributed by atoms with E-state index in [2.05, 4.69) is 10.6 Å². The third-order valence-corrected chi connectivity index (χ3v) is 6.33. The van der Waals surface area contributed by atoms with Crippen LogP contribution in [0.15, 0.2) is 12.1 Å². The lowest BCUT2D eigenvalue weighted by Gasteiger charge is -2.34. The highest BCUT2D eigenvalue weighted by Gasteiger charge is 2.65.